The van der Waals surface area contributed by atoms with E-state index in [1.54, 1.807) is 23.9 Å². The highest BCUT2D eigenvalue weighted by Gasteiger charge is 2.13. The number of hydrogen-bond acceptors (Lipinski definition) is 4. The minimum absolute atomic E-state index is 0.126. The fourth-order valence-electron chi connectivity index (χ4n) is 2.58. The Morgan fingerprint density at radius 3 is 2.46 bits per heavy atom. The van der Waals surface area contributed by atoms with Crippen LogP contribution in [0.4, 0.5) is 4.39 Å². The number of halogens is 1. The molecule has 2 aromatic carbocycles. The molecule has 1 atom stereocenters. The Bertz CT molecular complexity index is 953. The molecule has 7 heteroatoms. The van der Waals surface area contributed by atoms with E-state index in [1.165, 1.54) is 29.2 Å². The van der Waals surface area contributed by atoms with Crippen molar-refractivity contribution in [1.29, 1.82) is 0 Å². The Kier molecular flexibility index (Phi) is 7.06. The number of rotatable bonds is 8. The summed E-state index contributed by atoms with van der Waals surface area (Å²) in [5.74, 6) is 0.0718. The fraction of sp³-hybridized carbons (Fsp3) is 0.190. The minimum Gasteiger partial charge on any atom is -0.455 e. The first kappa shape index (κ1) is 20.4. The maximum Gasteiger partial charge on any atom is 0.287 e. The minimum atomic E-state index is -1.37. The highest BCUT2D eigenvalue weighted by atomic mass is 32.2. The Hall–Kier alpha value is -2.38. The van der Waals surface area contributed by atoms with Gasteiger partial charge in [0.05, 0.1) is 16.6 Å². The summed E-state index contributed by atoms with van der Waals surface area (Å²) < 4.78 is 30.8. The summed E-state index contributed by atoms with van der Waals surface area (Å²) in [4.78, 5) is 13.9. The number of carbonyl (C=O) groups is 1. The van der Waals surface area contributed by atoms with Crippen molar-refractivity contribution in [2.45, 2.75) is 22.0 Å². The molecule has 4 nitrogen and oxygen atoms in total. The zero-order valence-corrected chi connectivity index (χ0v) is 16.9. The first-order valence-electron chi connectivity index (χ1n) is 8.69. The lowest BCUT2D eigenvalue weighted by Gasteiger charge is -2.05. The zero-order valence-electron chi connectivity index (χ0n) is 15.3. The third-order valence-corrected chi connectivity index (χ3v) is 6.18. The van der Waals surface area contributed by atoms with E-state index in [9.17, 15) is 13.4 Å². The molecule has 1 N–H and O–H groups in total. The van der Waals surface area contributed by atoms with Crippen LogP contribution in [0.5, 0.6) is 0 Å². The summed E-state index contributed by atoms with van der Waals surface area (Å²) in [6, 6.07) is 16.9. The molecule has 0 unspecified atom stereocenters. The molecule has 0 saturated carbocycles. The first-order valence-corrected chi connectivity index (χ1v) is 11.2. The molecule has 0 saturated heterocycles. The summed E-state index contributed by atoms with van der Waals surface area (Å²) in [7, 11) is -1.37. The third kappa shape index (κ3) is 5.56. The lowest BCUT2D eigenvalue weighted by atomic mass is 10.1. The van der Waals surface area contributed by atoms with Crippen LogP contribution in [-0.2, 0) is 23.0 Å². The molecule has 146 valence electrons. The van der Waals surface area contributed by atoms with Crippen molar-refractivity contribution in [3.05, 3.63) is 83.6 Å². The first-order chi connectivity index (χ1) is 13.5. The van der Waals surface area contributed by atoms with E-state index in [1.807, 2.05) is 18.4 Å². The van der Waals surface area contributed by atoms with Crippen LogP contribution < -0.4 is 5.32 Å². The standard InChI is InChI=1S/C21H20FNO3S2/c1-27-18-7-2-15(3-8-18)12-13-23-21(24)20-11-6-17(26-20)14-28(25)19-9-4-16(22)5-10-19/h2-11H,12-14H2,1H3,(H,23,24)/t28-/m0/s1. The second kappa shape index (κ2) is 9.71. The molecule has 0 spiro atoms. The number of amides is 1. The fourth-order valence-corrected chi connectivity index (χ4v) is 4.00. The van der Waals surface area contributed by atoms with E-state index in [0.717, 1.165) is 12.0 Å². The predicted octanol–water partition coefficient (Wildman–Crippen LogP) is 4.42. The maximum atomic E-state index is 13.0. The summed E-state index contributed by atoms with van der Waals surface area (Å²) in [5.41, 5.74) is 1.15. The molecule has 0 fully saturated rings. The zero-order chi connectivity index (χ0) is 19.9. The van der Waals surface area contributed by atoms with Crippen LogP contribution >= 0.6 is 11.8 Å². The number of nitrogens with one attached hydrogen (secondary N) is 1. The maximum absolute atomic E-state index is 13.0. The average Bonchev–Trinajstić information content (AvgIpc) is 3.17. The van der Waals surface area contributed by atoms with Crippen LogP contribution in [0.15, 0.2) is 74.9 Å². The van der Waals surface area contributed by atoms with E-state index in [-0.39, 0.29) is 23.2 Å². The number of thioether (sulfide) groups is 1. The van der Waals surface area contributed by atoms with Gasteiger partial charge in [0.25, 0.3) is 5.91 Å². The van der Waals surface area contributed by atoms with Gasteiger partial charge in [-0.3, -0.25) is 9.00 Å². The van der Waals surface area contributed by atoms with Crippen LogP contribution in [0.3, 0.4) is 0 Å². The predicted molar refractivity (Wildman–Crippen MR) is 109 cm³/mol. The Balaban J connectivity index is 1.50. The molecule has 0 aliphatic carbocycles. The van der Waals surface area contributed by atoms with Gasteiger partial charge in [-0.1, -0.05) is 12.1 Å². The summed E-state index contributed by atoms with van der Waals surface area (Å²) in [6.45, 7) is 0.495. The van der Waals surface area contributed by atoms with Crippen LogP contribution in [0, 0.1) is 5.82 Å². The van der Waals surface area contributed by atoms with Crippen molar-refractivity contribution in [1.82, 2.24) is 5.32 Å². The summed E-state index contributed by atoms with van der Waals surface area (Å²) in [6.07, 6.45) is 2.75. The van der Waals surface area contributed by atoms with Gasteiger partial charge in [-0.05, 0) is 66.8 Å². The molecule has 1 heterocycles. The summed E-state index contributed by atoms with van der Waals surface area (Å²) in [5, 5.41) is 2.83. The molecule has 1 aromatic heterocycles. The van der Waals surface area contributed by atoms with Crippen molar-refractivity contribution in [2.24, 2.45) is 0 Å². The Morgan fingerprint density at radius 2 is 1.79 bits per heavy atom. The third-order valence-electron chi connectivity index (χ3n) is 4.09. The van der Waals surface area contributed by atoms with Gasteiger partial charge in [-0.2, -0.15) is 0 Å². The lowest BCUT2D eigenvalue weighted by molar-refractivity contribution is 0.0925. The molecule has 0 aliphatic rings. The van der Waals surface area contributed by atoms with Crippen LogP contribution in [0.1, 0.15) is 21.9 Å². The van der Waals surface area contributed by atoms with E-state index in [0.29, 0.717) is 17.2 Å². The molecular weight excluding hydrogens is 397 g/mol. The van der Waals surface area contributed by atoms with Gasteiger partial charge in [-0.25, -0.2) is 4.39 Å². The van der Waals surface area contributed by atoms with E-state index in [2.05, 4.69) is 17.4 Å². The van der Waals surface area contributed by atoms with Gasteiger partial charge >= 0.3 is 0 Å². The number of benzene rings is 2. The van der Waals surface area contributed by atoms with Gasteiger partial charge in [0.15, 0.2) is 5.76 Å². The molecule has 0 radical (unpaired) electrons. The largest absolute Gasteiger partial charge is 0.455 e. The van der Waals surface area contributed by atoms with Gasteiger partial charge in [-0.15, -0.1) is 11.8 Å². The van der Waals surface area contributed by atoms with Gasteiger partial charge in [0.2, 0.25) is 0 Å². The number of furan rings is 1. The van der Waals surface area contributed by atoms with Crippen molar-refractivity contribution in [2.75, 3.05) is 12.8 Å². The van der Waals surface area contributed by atoms with Crippen LogP contribution in [0.2, 0.25) is 0 Å². The van der Waals surface area contributed by atoms with Crippen molar-refractivity contribution in [3.63, 3.8) is 0 Å². The van der Waals surface area contributed by atoms with Crippen molar-refractivity contribution >= 4 is 28.5 Å². The van der Waals surface area contributed by atoms with E-state index < -0.39 is 10.8 Å². The quantitative estimate of drug-likeness (QED) is 0.551. The van der Waals surface area contributed by atoms with Crippen molar-refractivity contribution < 1.29 is 17.8 Å². The molecule has 3 aromatic rings. The molecular formula is C21H20FNO3S2. The lowest BCUT2D eigenvalue weighted by Crippen LogP contribution is -2.25. The average molecular weight is 418 g/mol. The molecule has 3 rings (SSSR count). The molecule has 1 amide bonds. The van der Waals surface area contributed by atoms with Gasteiger partial charge in [0, 0.05) is 16.3 Å². The smallest absolute Gasteiger partial charge is 0.287 e. The van der Waals surface area contributed by atoms with Gasteiger partial charge in [0.1, 0.15) is 11.6 Å². The molecule has 0 aliphatic heterocycles. The molecule has 0 bridgehead atoms. The topological polar surface area (TPSA) is 59.3 Å². The van der Waals surface area contributed by atoms with Crippen molar-refractivity contribution in [3.8, 4) is 0 Å². The SMILES string of the molecule is CSc1ccc(CCNC(=O)c2ccc(C[S@](=O)c3ccc(F)cc3)o2)cc1. The summed E-state index contributed by atoms with van der Waals surface area (Å²) >= 11 is 1.69. The number of carbonyl (C=O) groups excluding carboxylic acids is 1. The molecule has 28 heavy (non-hydrogen) atoms. The van der Waals surface area contributed by atoms with E-state index >= 15 is 0 Å². The Labute approximate surface area is 170 Å². The van der Waals surface area contributed by atoms with Crippen LogP contribution in [0.25, 0.3) is 0 Å². The van der Waals surface area contributed by atoms with Gasteiger partial charge < -0.3 is 9.73 Å². The highest BCUT2D eigenvalue weighted by Crippen LogP contribution is 2.16. The normalized spacial score (nSPS) is 11.9. The van der Waals surface area contributed by atoms with E-state index in [4.69, 9.17) is 4.42 Å². The number of hydrogen-bond donors (Lipinski definition) is 1. The highest BCUT2D eigenvalue weighted by molar-refractivity contribution is 7.98. The monoisotopic (exact) mass is 417 g/mol. The van der Waals surface area contributed by atoms with Crippen LogP contribution in [-0.4, -0.2) is 22.9 Å². The Morgan fingerprint density at radius 1 is 1.07 bits per heavy atom. The second-order valence-electron chi connectivity index (χ2n) is 6.06. The second-order valence-corrected chi connectivity index (χ2v) is 8.39.